The average molecular weight is 477 g/mol. The Balaban J connectivity index is 1.70. The van der Waals surface area contributed by atoms with E-state index < -0.39 is 6.04 Å². The molecule has 3 aromatic carbocycles. The van der Waals surface area contributed by atoms with Gasteiger partial charge in [0.2, 0.25) is 5.91 Å². The number of allylic oxidation sites excluding steroid dienone is 1. The van der Waals surface area contributed by atoms with E-state index >= 15 is 0 Å². The van der Waals surface area contributed by atoms with Crippen LogP contribution < -0.4 is 10.2 Å². The highest BCUT2D eigenvalue weighted by Gasteiger charge is 2.40. The van der Waals surface area contributed by atoms with Gasteiger partial charge in [0.25, 0.3) is 0 Å². The first-order chi connectivity index (χ1) is 15.9. The number of Topliss-reactive ketones (excluding diaryl/α,β-unsaturated/α-hetero) is 1. The normalized spacial score (nSPS) is 20.0. The Morgan fingerprint density at radius 1 is 0.909 bits per heavy atom. The summed E-state index contributed by atoms with van der Waals surface area (Å²) in [6.45, 7) is 1.53. The second-order valence-corrected chi connectivity index (χ2v) is 9.33. The van der Waals surface area contributed by atoms with Crippen molar-refractivity contribution in [2.75, 3.05) is 10.2 Å². The summed E-state index contributed by atoms with van der Waals surface area (Å²) in [5.74, 6) is -0.0969. The molecule has 0 saturated heterocycles. The van der Waals surface area contributed by atoms with Crippen molar-refractivity contribution >= 4 is 46.3 Å². The molecule has 0 unspecified atom stereocenters. The Morgan fingerprint density at radius 3 is 2.39 bits per heavy atom. The molecule has 1 heterocycles. The quantitative estimate of drug-likeness (QED) is 0.436. The fraction of sp³-hybridized carbons (Fsp3) is 0.185. The summed E-state index contributed by atoms with van der Waals surface area (Å²) in [6.07, 6.45) is 1.02. The minimum absolute atomic E-state index is 0.0210. The van der Waals surface area contributed by atoms with E-state index in [1.54, 1.807) is 11.0 Å². The van der Waals surface area contributed by atoms with E-state index in [0.29, 0.717) is 28.5 Å². The number of amides is 1. The zero-order chi connectivity index (χ0) is 23.1. The second kappa shape index (κ2) is 8.69. The van der Waals surface area contributed by atoms with Crippen LogP contribution >= 0.6 is 23.2 Å². The number of ketones is 1. The zero-order valence-corrected chi connectivity index (χ0v) is 19.5. The predicted octanol–water partition coefficient (Wildman–Crippen LogP) is 6.91. The van der Waals surface area contributed by atoms with Gasteiger partial charge in [-0.1, -0.05) is 59.6 Å². The third-order valence-corrected chi connectivity index (χ3v) is 6.82. The molecule has 0 saturated carbocycles. The molecule has 2 atom stereocenters. The highest BCUT2D eigenvalue weighted by Crippen LogP contribution is 2.47. The highest BCUT2D eigenvalue weighted by atomic mass is 35.5. The summed E-state index contributed by atoms with van der Waals surface area (Å²) in [5.41, 5.74) is 4.87. The number of halogens is 2. The average Bonchev–Trinajstić information content (AvgIpc) is 2.94. The number of fused-ring (bicyclic) bond motifs is 1. The Kier molecular flexibility index (Phi) is 5.73. The Hall–Kier alpha value is -3.08. The van der Waals surface area contributed by atoms with Crippen LogP contribution in [0.5, 0.6) is 0 Å². The van der Waals surface area contributed by atoms with Crippen molar-refractivity contribution in [1.29, 1.82) is 0 Å². The minimum Gasteiger partial charge on any atom is -0.357 e. The molecule has 0 fully saturated rings. The van der Waals surface area contributed by atoms with Crippen molar-refractivity contribution in [3.63, 3.8) is 0 Å². The molecule has 1 aliphatic carbocycles. The molecule has 4 nitrogen and oxygen atoms in total. The number of anilines is 2. The lowest BCUT2D eigenvalue weighted by molar-refractivity contribution is -0.117. The fourth-order valence-electron chi connectivity index (χ4n) is 4.90. The van der Waals surface area contributed by atoms with Gasteiger partial charge in [0.15, 0.2) is 5.78 Å². The largest absolute Gasteiger partial charge is 0.357 e. The molecule has 1 N–H and O–H groups in total. The van der Waals surface area contributed by atoms with Crippen LogP contribution in [-0.2, 0) is 9.59 Å². The topological polar surface area (TPSA) is 49.4 Å². The van der Waals surface area contributed by atoms with Crippen LogP contribution in [0.15, 0.2) is 84.1 Å². The van der Waals surface area contributed by atoms with Crippen molar-refractivity contribution < 1.29 is 9.59 Å². The van der Waals surface area contributed by atoms with E-state index in [9.17, 15) is 9.59 Å². The second-order valence-electron chi connectivity index (χ2n) is 8.46. The van der Waals surface area contributed by atoms with E-state index in [-0.39, 0.29) is 17.6 Å². The smallest absolute Gasteiger partial charge is 0.224 e. The van der Waals surface area contributed by atoms with Gasteiger partial charge in [0, 0.05) is 34.7 Å². The number of carbonyl (C=O) groups excluding carboxylic acids is 2. The number of carbonyl (C=O) groups is 2. The third kappa shape index (κ3) is 4.05. The number of hydrogen-bond acceptors (Lipinski definition) is 3. The first-order valence-electron chi connectivity index (χ1n) is 10.9. The summed E-state index contributed by atoms with van der Waals surface area (Å²) in [7, 11) is 0. The molecule has 3 aromatic rings. The van der Waals surface area contributed by atoms with Gasteiger partial charge in [-0.15, -0.1) is 0 Å². The zero-order valence-electron chi connectivity index (χ0n) is 18.0. The van der Waals surface area contributed by atoms with Gasteiger partial charge < -0.3 is 5.32 Å². The van der Waals surface area contributed by atoms with Gasteiger partial charge >= 0.3 is 0 Å². The molecule has 1 amide bonds. The predicted molar refractivity (Wildman–Crippen MR) is 133 cm³/mol. The van der Waals surface area contributed by atoms with Crippen LogP contribution in [0.25, 0.3) is 0 Å². The van der Waals surface area contributed by atoms with Gasteiger partial charge in [0.05, 0.1) is 17.4 Å². The fourth-order valence-corrected chi connectivity index (χ4v) is 5.23. The number of nitrogens with one attached hydrogen (secondary N) is 1. The lowest BCUT2D eigenvalue weighted by atomic mass is 9.78. The van der Waals surface area contributed by atoms with Gasteiger partial charge in [-0.3, -0.25) is 14.5 Å². The van der Waals surface area contributed by atoms with Gasteiger partial charge in [-0.05, 0) is 59.9 Å². The lowest BCUT2D eigenvalue weighted by Gasteiger charge is -2.34. The van der Waals surface area contributed by atoms with Gasteiger partial charge in [-0.25, -0.2) is 0 Å². The SMILES string of the molecule is CC(=O)N1c2ccccc2NC2=C(C(=O)C[C@@H](c3ccc(Cl)cc3)C2)[C@@H]1c1cccc(Cl)c1. The molecule has 0 aromatic heterocycles. The molecule has 5 rings (SSSR count). The van der Waals surface area contributed by atoms with Crippen LogP contribution in [0.2, 0.25) is 10.0 Å². The molecular formula is C27H22Cl2N2O2. The summed E-state index contributed by atoms with van der Waals surface area (Å²) in [5, 5.41) is 4.74. The monoisotopic (exact) mass is 476 g/mol. The molecular weight excluding hydrogens is 455 g/mol. The van der Waals surface area contributed by atoms with Crippen molar-refractivity contribution in [2.24, 2.45) is 0 Å². The summed E-state index contributed by atoms with van der Waals surface area (Å²) in [6, 6.07) is 22.2. The highest BCUT2D eigenvalue weighted by molar-refractivity contribution is 6.30. The summed E-state index contributed by atoms with van der Waals surface area (Å²) >= 11 is 12.4. The molecule has 1 aliphatic heterocycles. The van der Waals surface area contributed by atoms with Crippen molar-refractivity contribution in [3.05, 3.63) is 105 Å². The molecule has 0 bridgehead atoms. The van der Waals surface area contributed by atoms with E-state index in [4.69, 9.17) is 23.2 Å². The van der Waals surface area contributed by atoms with Crippen LogP contribution in [0.3, 0.4) is 0 Å². The maximum absolute atomic E-state index is 13.7. The number of hydrogen-bond donors (Lipinski definition) is 1. The number of para-hydroxylation sites is 2. The molecule has 6 heteroatoms. The maximum Gasteiger partial charge on any atom is 0.224 e. The number of benzene rings is 3. The maximum atomic E-state index is 13.7. The van der Waals surface area contributed by atoms with Crippen LogP contribution in [0, 0.1) is 0 Å². The first kappa shape index (κ1) is 21.7. The standard InChI is InChI=1S/C27H22Cl2N2O2/c1-16(32)31-24-8-3-2-7-22(24)30-23-14-19(17-9-11-20(28)12-10-17)15-25(33)26(23)27(31)18-5-4-6-21(29)13-18/h2-13,19,27,30H,14-15H2,1H3/t19-,27-/m0/s1. The molecule has 0 radical (unpaired) electrons. The lowest BCUT2D eigenvalue weighted by Crippen LogP contribution is -2.37. The molecule has 0 spiro atoms. The number of rotatable bonds is 2. The van der Waals surface area contributed by atoms with Crippen molar-refractivity contribution in [1.82, 2.24) is 0 Å². The summed E-state index contributed by atoms with van der Waals surface area (Å²) in [4.78, 5) is 28.4. The van der Waals surface area contributed by atoms with E-state index in [2.05, 4.69) is 5.32 Å². The Labute approximate surface area is 202 Å². The van der Waals surface area contributed by atoms with Crippen LogP contribution in [-0.4, -0.2) is 11.7 Å². The van der Waals surface area contributed by atoms with E-state index in [1.807, 2.05) is 66.7 Å². The van der Waals surface area contributed by atoms with Crippen LogP contribution in [0.4, 0.5) is 11.4 Å². The Bertz CT molecular complexity index is 1280. The molecule has 33 heavy (non-hydrogen) atoms. The van der Waals surface area contributed by atoms with Gasteiger partial charge in [-0.2, -0.15) is 0 Å². The van der Waals surface area contributed by atoms with E-state index in [0.717, 1.165) is 28.2 Å². The van der Waals surface area contributed by atoms with E-state index in [1.165, 1.54) is 6.92 Å². The van der Waals surface area contributed by atoms with Crippen LogP contribution in [0.1, 0.15) is 42.9 Å². The third-order valence-electron chi connectivity index (χ3n) is 6.33. The molecule has 2 aliphatic rings. The molecule has 166 valence electrons. The first-order valence-corrected chi connectivity index (χ1v) is 11.6. The summed E-state index contributed by atoms with van der Waals surface area (Å²) < 4.78 is 0. The minimum atomic E-state index is -0.564. The van der Waals surface area contributed by atoms with Crippen molar-refractivity contribution in [3.8, 4) is 0 Å². The van der Waals surface area contributed by atoms with Crippen molar-refractivity contribution in [2.45, 2.75) is 31.7 Å². The Morgan fingerprint density at radius 2 is 1.67 bits per heavy atom. The van der Waals surface area contributed by atoms with Gasteiger partial charge in [0.1, 0.15) is 0 Å². The number of nitrogens with zero attached hydrogens (tertiary/aromatic N) is 1.